The van der Waals surface area contributed by atoms with Gasteiger partial charge in [0, 0.05) is 19.0 Å². The molecule has 2 aliphatic rings. The van der Waals surface area contributed by atoms with Crippen molar-refractivity contribution in [3.05, 3.63) is 29.3 Å². The third-order valence-corrected chi connectivity index (χ3v) is 7.19. The van der Waals surface area contributed by atoms with Crippen LogP contribution in [0.4, 0.5) is 0 Å². The predicted molar refractivity (Wildman–Crippen MR) is 102 cm³/mol. The Bertz CT molecular complexity index is 745. The lowest BCUT2D eigenvalue weighted by Crippen LogP contribution is -2.42. The second-order valence-electron chi connectivity index (χ2n) is 7.72. The second-order valence-corrected chi connectivity index (χ2v) is 9.49. The quantitative estimate of drug-likeness (QED) is 0.799. The predicted octanol–water partition coefficient (Wildman–Crippen LogP) is 2.93. The maximum absolute atomic E-state index is 12.5. The zero-order chi connectivity index (χ0) is 18.6. The lowest BCUT2D eigenvalue weighted by Gasteiger charge is -2.29. The molecule has 0 heterocycles. The molecule has 2 atom stereocenters. The molecule has 0 radical (unpaired) electrons. The number of fused-ring (bicyclic) bond motifs is 1. The number of hydrogen-bond donors (Lipinski definition) is 2. The number of rotatable bonds is 6. The standard InChI is InChI=1S/C20H30N2O3S/c1-15-6-2-5-9-19(15)22-20(23)12-13-21-26(24,25)18-11-10-16-7-3-4-8-17(16)14-18/h10-11,14-15,19,21H,2-9,12-13H2,1H3,(H,22,23). The summed E-state index contributed by atoms with van der Waals surface area (Å²) < 4.78 is 27.6. The summed E-state index contributed by atoms with van der Waals surface area (Å²) in [6.45, 7) is 2.30. The topological polar surface area (TPSA) is 75.3 Å². The molecule has 3 rings (SSSR count). The van der Waals surface area contributed by atoms with E-state index in [9.17, 15) is 13.2 Å². The molecule has 144 valence electrons. The van der Waals surface area contributed by atoms with Crippen molar-refractivity contribution in [2.45, 2.75) is 75.6 Å². The zero-order valence-corrected chi connectivity index (χ0v) is 16.4. The van der Waals surface area contributed by atoms with Crippen LogP contribution in [-0.2, 0) is 27.7 Å². The number of amides is 1. The Morgan fingerprint density at radius 3 is 2.58 bits per heavy atom. The van der Waals surface area contributed by atoms with Crippen molar-refractivity contribution >= 4 is 15.9 Å². The fraction of sp³-hybridized carbons (Fsp3) is 0.650. The molecule has 1 saturated carbocycles. The zero-order valence-electron chi connectivity index (χ0n) is 15.6. The van der Waals surface area contributed by atoms with Crippen LogP contribution >= 0.6 is 0 Å². The summed E-state index contributed by atoms with van der Waals surface area (Å²) in [5.41, 5.74) is 2.40. The number of carbonyl (C=O) groups excluding carboxylic acids is 1. The van der Waals surface area contributed by atoms with Gasteiger partial charge in [-0.05, 0) is 67.7 Å². The van der Waals surface area contributed by atoms with E-state index < -0.39 is 10.0 Å². The molecule has 0 aliphatic heterocycles. The highest BCUT2D eigenvalue weighted by Gasteiger charge is 2.23. The Morgan fingerprint density at radius 2 is 1.81 bits per heavy atom. The molecule has 0 spiro atoms. The Morgan fingerprint density at radius 1 is 1.08 bits per heavy atom. The molecular weight excluding hydrogens is 348 g/mol. The van der Waals surface area contributed by atoms with Gasteiger partial charge < -0.3 is 5.32 Å². The van der Waals surface area contributed by atoms with Crippen molar-refractivity contribution in [3.8, 4) is 0 Å². The van der Waals surface area contributed by atoms with Crippen LogP contribution in [0.25, 0.3) is 0 Å². The summed E-state index contributed by atoms with van der Waals surface area (Å²) in [6.07, 6.45) is 8.99. The van der Waals surface area contributed by atoms with Crippen LogP contribution in [0.2, 0.25) is 0 Å². The molecule has 0 aromatic heterocycles. The number of hydrogen-bond acceptors (Lipinski definition) is 3. The van der Waals surface area contributed by atoms with Gasteiger partial charge >= 0.3 is 0 Å². The molecule has 6 heteroatoms. The van der Waals surface area contributed by atoms with Gasteiger partial charge in [0.15, 0.2) is 0 Å². The fourth-order valence-electron chi connectivity index (χ4n) is 4.07. The Balaban J connectivity index is 1.51. The lowest BCUT2D eigenvalue weighted by molar-refractivity contribution is -0.122. The van der Waals surface area contributed by atoms with E-state index in [1.165, 1.54) is 18.4 Å². The molecule has 0 bridgehead atoms. The molecule has 1 fully saturated rings. The number of nitrogens with one attached hydrogen (secondary N) is 2. The molecule has 2 unspecified atom stereocenters. The highest BCUT2D eigenvalue weighted by molar-refractivity contribution is 7.89. The van der Waals surface area contributed by atoms with Crippen molar-refractivity contribution in [1.82, 2.24) is 10.0 Å². The van der Waals surface area contributed by atoms with Gasteiger partial charge in [-0.15, -0.1) is 0 Å². The van der Waals surface area contributed by atoms with Crippen molar-refractivity contribution in [2.75, 3.05) is 6.54 Å². The van der Waals surface area contributed by atoms with Crippen molar-refractivity contribution in [2.24, 2.45) is 5.92 Å². The highest BCUT2D eigenvalue weighted by Crippen LogP contribution is 2.25. The number of carbonyl (C=O) groups is 1. The SMILES string of the molecule is CC1CCCCC1NC(=O)CCNS(=O)(=O)c1ccc2c(c1)CCCC2. The average Bonchev–Trinajstić information content (AvgIpc) is 2.63. The Kier molecular flexibility index (Phi) is 6.35. The first-order valence-electron chi connectivity index (χ1n) is 9.86. The van der Waals surface area contributed by atoms with E-state index in [2.05, 4.69) is 17.0 Å². The van der Waals surface area contributed by atoms with Gasteiger partial charge in [-0.3, -0.25) is 4.79 Å². The van der Waals surface area contributed by atoms with Crippen LogP contribution in [0, 0.1) is 5.92 Å². The minimum absolute atomic E-state index is 0.0723. The van der Waals surface area contributed by atoms with Crippen LogP contribution in [0.15, 0.2) is 23.1 Å². The smallest absolute Gasteiger partial charge is 0.240 e. The number of sulfonamides is 1. The minimum atomic E-state index is -3.56. The van der Waals surface area contributed by atoms with Crippen LogP contribution in [0.3, 0.4) is 0 Å². The third kappa shape index (κ3) is 4.86. The van der Waals surface area contributed by atoms with E-state index in [4.69, 9.17) is 0 Å². The van der Waals surface area contributed by atoms with Crippen LogP contribution in [-0.4, -0.2) is 26.9 Å². The molecule has 1 aromatic rings. The molecule has 0 saturated heterocycles. The van der Waals surface area contributed by atoms with Crippen molar-refractivity contribution in [3.63, 3.8) is 0 Å². The van der Waals surface area contributed by atoms with Crippen molar-refractivity contribution < 1.29 is 13.2 Å². The minimum Gasteiger partial charge on any atom is -0.353 e. The maximum Gasteiger partial charge on any atom is 0.240 e. The van der Waals surface area contributed by atoms with E-state index in [0.29, 0.717) is 10.8 Å². The Hall–Kier alpha value is -1.40. The maximum atomic E-state index is 12.5. The summed E-state index contributed by atoms with van der Waals surface area (Å²) >= 11 is 0. The van der Waals surface area contributed by atoms with Crippen molar-refractivity contribution in [1.29, 1.82) is 0 Å². The first-order valence-corrected chi connectivity index (χ1v) is 11.3. The normalized spacial score (nSPS) is 23.3. The second kappa shape index (κ2) is 8.53. The fourth-order valence-corrected chi connectivity index (χ4v) is 5.15. The first-order chi connectivity index (χ1) is 12.5. The van der Waals surface area contributed by atoms with Crippen LogP contribution in [0.1, 0.15) is 63.0 Å². The van der Waals surface area contributed by atoms with E-state index in [0.717, 1.165) is 44.1 Å². The highest BCUT2D eigenvalue weighted by atomic mass is 32.2. The van der Waals surface area contributed by atoms with Crippen LogP contribution in [0.5, 0.6) is 0 Å². The van der Waals surface area contributed by atoms with E-state index in [1.807, 2.05) is 6.07 Å². The van der Waals surface area contributed by atoms with E-state index in [-0.39, 0.29) is 24.9 Å². The van der Waals surface area contributed by atoms with Gasteiger partial charge in [0.25, 0.3) is 0 Å². The molecule has 2 N–H and O–H groups in total. The average molecular weight is 379 g/mol. The molecule has 1 aromatic carbocycles. The molecule has 26 heavy (non-hydrogen) atoms. The number of aryl methyl sites for hydroxylation is 2. The monoisotopic (exact) mass is 378 g/mol. The summed E-state index contributed by atoms with van der Waals surface area (Å²) in [4.78, 5) is 12.4. The number of benzene rings is 1. The third-order valence-electron chi connectivity index (χ3n) is 5.73. The first kappa shape index (κ1) is 19.4. The summed E-state index contributed by atoms with van der Waals surface area (Å²) in [5.74, 6) is 0.428. The molecule has 1 amide bonds. The molecule has 2 aliphatic carbocycles. The van der Waals surface area contributed by atoms with Gasteiger partial charge in [-0.2, -0.15) is 0 Å². The summed E-state index contributed by atoms with van der Waals surface area (Å²) in [7, 11) is -3.56. The summed E-state index contributed by atoms with van der Waals surface area (Å²) in [6, 6.07) is 5.63. The van der Waals surface area contributed by atoms with E-state index >= 15 is 0 Å². The van der Waals surface area contributed by atoms with E-state index in [1.54, 1.807) is 12.1 Å². The molecular formula is C20H30N2O3S. The van der Waals surface area contributed by atoms with Crippen LogP contribution < -0.4 is 10.0 Å². The lowest BCUT2D eigenvalue weighted by atomic mass is 9.86. The van der Waals surface area contributed by atoms with Gasteiger partial charge in [-0.1, -0.05) is 25.8 Å². The molecule has 5 nitrogen and oxygen atoms in total. The van der Waals surface area contributed by atoms with Gasteiger partial charge in [0.2, 0.25) is 15.9 Å². The Labute approximate surface area is 157 Å². The van der Waals surface area contributed by atoms with Gasteiger partial charge in [0.1, 0.15) is 0 Å². The largest absolute Gasteiger partial charge is 0.353 e. The summed E-state index contributed by atoms with van der Waals surface area (Å²) in [5, 5.41) is 3.06. The van der Waals surface area contributed by atoms with Gasteiger partial charge in [0.05, 0.1) is 4.90 Å². The van der Waals surface area contributed by atoms with Gasteiger partial charge in [-0.25, -0.2) is 13.1 Å².